The number of carbonyl (C=O) groups excluding carboxylic acids is 2. The third kappa shape index (κ3) is 4.82. The van der Waals surface area contributed by atoms with Gasteiger partial charge in [-0.3, -0.25) is 9.59 Å². The lowest BCUT2D eigenvalue weighted by atomic mass is 10.1. The second kappa shape index (κ2) is 8.85. The third-order valence-corrected chi connectivity index (χ3v) is 4.81. The molecule has 2 amide bonds. The Balaban J connectivity index is 1.67. The molecule has 154 valence electrons. The molecule has 0 aliphatic heterocycles. The molecule has 1 heterocycles. The van der Waals surface area contributed by atoms with E-state index in [1.165, 1.54) is 6.92 Å². The molecule has 4 aromatic rings. The lowest BCUT2D eigenvalue weighted by Crippen LogP contribution is -2.12. The van der Waals surface area contributed by atoms with Crippen molar-refractivity contribution in [2.75, 3.05) is 10.6 Å². The van der Waals surface area contributed by atoms with Crippen molar-refractivity contribution in [3.63, 3.8) is 0 Å². The van der Waals surface area contributed by atoms with E-state index in [9.17, 15) is 9.59 Å². The molecule has 0 saturated heterocycles. The summed E-state index contributed by atoms with van der Waals surface area (Å²) in [6.45, 7) is 1.44. The minimum atomic E-state index is -0.292. The van der Waals surface area contributed by atoms with Gasteiger partial charge in [0, 0.05) is 35.1 Å². The van der Waals surface area contributed by atoms with Gasteiger partial charge in [0.15, 0.2) is 0 Å². The molecule has 31 heavy (non-hydrogen) atoms. The van der Waals surface area contributed by atoms with Crippen LogP contribution in [-0.2, 0) is 4.79 Å². The Morgan fingerprint density at radius 2 is 1.45 bits per heavy atom. The molecule has 0 atom stereocenters. The number of anilines is 2. The van der Waals surface area contributed by atoms with Gasteiger partial charge in [-0.2, -0.15) is 5.10 Å². The summed E-state index contributed by atoms with van der Waals surface area (Å²) in [7, 11) is 0. The highest BCUT2D eigenvalue weighted by molar-refractivity contribution is 6.30. The summed E-state index contributed by atoms with van der Waals surface area (Å²) in [5.41, 5.74) is 3.87. The second-order valence-electron chi connectivity index (χ2n) is 6.89. The predicted molar refractivity (Wildman–Crippen MR) is 123 cm³/mol. The summed E-state index contributed by atoms with van der Waals surface area (Å²) in [4.78, 5) is 24.3. The first-order valence-electron chi connectivity index (χ1n) is 9.59. The molecule has 6 nitrogen and oxygen atoms in total. The molecule has 1 aromatic heterocycles. The fourth-order valence-electron chi connectivity index (χ4n) is 3.11. The molecular formula is C24H19ClN4O2. The summed E-state index contributed by atoms with van der Waals surface area (Å²) in [5.74, 6) is -0.447. The van der Waals surface area contributed by atoms with E-state index in [0.717, 1.165) is 11.3 Å². The van der Waals surface area contributed by atoms with Gasteiger partial charge in [-0.05, 0) is 48.5 Å². The molecule has 0 spiro atoms. The van der Waals surface area contributed by atoms with E-state index in [1.54, 1.807) is 47.3 Å². The van der Waals surface area contributed by atoms with Gasteiger partial charge in [0.2, 0.25) is 5.91 Å². The molecule has 0 radical (unpaired) electrons. The van der Waals surface area contributed by atoms with E-state index < -0.39 is 0 Å². The summed E-state index contributed by atoms with van der Waals surface area (Å²) in [6, 6.07) is 23.7. The summed E-state index contributed by atoms with van der Waals surface area (Å²) < 4.78 is 1.68. The molecular weight excluding hydrogens is 412 g/mol. The minimum Gasteiger partial charge on any atom is -0.326 e. The van der Waals surface area contributed by atoms with E-state index in [1.807, 2.05) is 42.5 Å². The number of halogens is 1. The fraction of sp³-hybridized carbons (Fsp3) is 0.0417. The van der Waals surface area contributed by atoms with Crippen LogP contribution in [0.25, 0.3) is 16.9 Å². The second-order valence-corrected chi connectivity index (χ2v) is 7.33. The van der Waals surface area contributed by atoms with Crippen LogP contribution in [0.3, 0.4) is 0 Å². The van der Waals surface area contributed by atoms with Crippen molar-refractivity contribution in [3.8, 4) is 16.9 Å². The van der Waals surface area contributed by atoms with Crippen LogP contribution in [0.5, 0.6) is 0 Å². The Morgan fingerprint density at radius 3 is 2.06 bits per heavy atom. The lowest BCUT2D eigenvalue weighted by Gasteiger charge is -2.07. The van der Waals surface area contributed by atoms with E-state index in [2.05, 4.69) is 15.7 Å². The Kier molecular flexibility index (Phi) is 5.82. The lowest BCUT2D eigenvalue weighted by molar-refractivity contribution is -0.114. The SMILES string of the molecule is CC(=O)Nc1ccc(NC(=O)c2cn(-c3ccccc3)nc2-c2ccc(Cl)cc2)cc1. The Labute approximate surface area is 184 Å². The maximum absolute atomic E-state index is 13.1. The number of para-hydroxylation sites is 1. The molecule has 0 aliphatic carbocycles. The van der Waals surface area contributed by atoms with Crippen LogP contribution in [0.15, 0.2) is 85.1 Å². The van der Waals surface area contributed by atoms with Crippen LogP contribution >= 0.6 is 11.6 Å². The van der Waals surface area contributed by atoms with Crippen molar-refractivity contribution < 1.29 is 9.59 Å². The molecule has 7 heteroatoms. The number of hydrogen-bond acceptors (Lipinski definition) is 3. The predicted octanol–water partition coefficient (Wildman–Crippen LogP) is 5.40. The molecule has 0 aliphatic rings. The summed E-state index contributed by atoms with van der Waals surface area (Å²) in [5, 5.41) is 10.9. The van der Waals surface area contributed by atoms with Crippen molar-refractivity contribution in [2.24, 2.45) is 0 Å². The highest BCUT2D eigenvalue weighted by Crippen LogP contribution is 2.26. The molecule has 4 rings (SSSR count). The molecule has 0 saturated carbocycles. The van der Waals surface area contributed by atoms with Gasteiger partial charge in [-0.15, -0.1) is 0 Å². The number of rotatable bonds is 5. The highest BCUT2D eigenvalue weighted by atomic mass is 35.5. The average Bonchev–Trinajstić information content (AvgIpc) is 3.22. The van der Waals surface area contributed by atoms with E-state index in [4.69, 9.17) is 11.6 Å². The molecule has 0 unspecified atom stereocenters. The summed E-state index contributed by atoms with van der Waals surface area (Å²) in [6.07, 6.45) is 1.71. The number of nitrogens with one attached hydrogen (secondary N) is 2. The Morgan fingerprint density at radius 1 is 0.839 bits per heavy atom. The van der Waals surface area contributed by atoms with Crippen LogP contribution in [0.2, 0.25) is 5.02 Å². The van der Waals surface area contributed by atoms with E-state index in [-0.39, 0.29) is 11.8 Å². The number of nitrogens with zero attached hydrogens (tertiary/aromatic N) is 2. The average molecular weight is 431 g/mol. The van der Waals surface area contributed by atoms with Gasteiger partial charge in [0.05, 0.1) is 11.3 Å². The Bertz CT molecular complexity index is 1220. The number of hydrogen-bond donors (Lipinski definition) is 2. The fourth-order valence-corrected chi connectivity index (χ4v) is 3.24. The van der Waals surface area contributed by atoms with Crippen molar-refractivity contribution >= 4 is 34.8 Å². The van der Waals surface area contributed by atoms with Gasteiger partial charge in [-0.25, -0.2) is 4.68 Å². The van der Waals surface area contributed by atoms with Crippen molar-refractivity contribution in [3.05, 3.63) is 95.6 Å². The zero-order chi connectivity index (χ0) is 21.8. The van der Waals surface area contributed by atoms with Gasteiger partial charge in [0.1, 0.15) is 5.69 Å². The summed E-state index contributed by atoms with van der Waals surface area (Å²) >= 11 is 6.02. The quantitative estimate of drug-likeness (QED) is 0.445. The van der Waals surface area contributed by atoms with Crippen LogP contribution in [0, 0.1) is 0 Å². The normalized spacial score (nSPS) is 10.5. The van der Waals surface area contributed by atoms with Crippen LogP contribution < -0.4 is 10.6 Å². The maximum atomic E-state index is 13.1. The van der Waals surface area contributed by atoms with Crippen molar-refractivity contribution in [2.45, 2.75) is 6.92 Å². The first-order valence-corrected chi connectivity index (χ1v) is 9.97. The largest absolute Gasteiger partial charge is 0.326 e. The third-order valence-electron chi connectivity index (χ3n) is 4.56. The molecule has 0 bridgehead atoms. The highest BCUT2D eigenvalue weighted by Gasteiger charge is 2.19. The van der Waals surface area contributed by atoms with Gasteiger partial charge in [0.25, 0.3) is 5.91 Å². The smallest absolute Gasteiger partial charge is 0.259 e. The molecule has 3 aromatic carbocycles. The first-order chi connectivity index (χ1) is 15.0. The maximum Gasteiger partial charge on any atom is 0.259 e. The van der Waals surface area contributed by atoms with E-state index >= 15 is 0 Å². The monoisotopic (exact) mass is 430 g/mol. The number of aromatic nitrogens is 2. The number of amides is 2. The molecule has 0 fully saturated rings. The van der Waals surface area contributed by atoms with Crippen molar-refractivity contribution in [1.82, 2.24) is 9.78 Å². The van der Waals surface area contributed by atoms with Gasteiger partial charge >= 0.3 is 0 Å². The zero-order valence-electron chi connectivity index (χ0n) is 16.7. The van der Waals surface area contributed by atoms with Gasteiger partial charge in [-0.1, -0.05) is 41.9 Å². The molecule has 2 N–H and O–H groups in total. The topological polar surface area (TPSA) is 76.0 Å². The van der Waals surface area contributed by atoms with Gasteiger partial charge < -0.3 is 10.6 Å². The van der Waals surface area contributed by atoms with Crippen LogP contribution in [0.1, 0.15) is 17.3 Å². The minimum absolute atomic E-state index is 0.155. The van der Waals surface area contributed by atoms with Crippen molar-refractivity contribution in [1.29, 1.82) is 0 Å². The first kappa shape index (κ1) is 20.4. The standard InChI is InChI=1S/C24H19ClN4O2/c1-16(30)26-19-11-13-20(14-12-19)27-24(31)22-15-29(21-5-3-2-4-6-21)28-23(22)17-7-9-18(25)10-8-17/h2-15H,1H3,(H,26,30)(H,27,31). The number of benzene rings is 3. The number of carbonyl (C=O) groups is 2. The zero-order valence-corrected chi connectivity index (χ0v) is 17.4. The van der Waals surface area contributed by atoms with Crippen LogP contribution in [0.4, 0.5) is 11.4 Å². The Hall–Kier alpha value is -3.90. The van der Waals surface area contributed by atoms with E-state index in [0.29, 0.717) is 27.7 Å². The van der Waals surface area contributed by atoms with Crippen LogP contribution in [-0.4, -0.2) is 21.6 Å².